The summed E-state index contributed by atoms with van der Waals surface area (Å²) in [5.41, 5.74) is 17.2. The van der Waals surface area contributed by atoms with Crippen LogP contribution in [0, 0.1) is 0 Å². The molecule has 11 aromatic carbocycles. The van der Waals surface area contributed by atoms with Crippen LogP contribution in [0.1, 0.15) is 25.0 Å². The van der Waals surface area contributed by atoms with Crippen LogP contribution in [0.15, 0.2) is 231 Å². The van der Waals surface area contributed by atoms with Gasteiger partial charge in [-0.3, -0.25) is 0 Å². The third-order valence-electron chi connectivity index (χ3n) is 15.5. The van der Waals surface area contributed by atoms with Gasteiger partial charge in [-0.05, 0) is 150 Å². The third kappa shape index (κ3) is 6.75. The Kier molecular flexibility index (Phi) is 9.38. The number of fused-ring (bicyclic) bond motifs is 11. The van der Waals surface area contributed by atoms with Gasteiger partial charge in [-0.1, -0.05) is 172 Å². The van der Waals surface area contributed by atoms with E-state index in [9.17, 15) is 0 Å². The van der Waals surface area contributed by atoms with Crippen molar-refractivity contribution in [3.05, 3.63) is 242 Å². The summed E-state index contributed by atoms with van der Waals surface area (Å²) in [6.07, 6.45) is 0. The van der Waals surface area contributed by atoms with Gasteiger partial charge in [-0.25, -0.2) is 9.97 Å². The summed E-state index contributed by atoms with van der Waals surface area (Å²) in [5.74, 6) is 0.692. The van der Waals surface area contributed by atoms with Gasteiger partial charge in [-0.15, -0.1) is 22.7 Å². The predicted octanol–water partition coefficient (Wildman–Crippen LogP) is 19.8. The smallest absolute Gasteiger partial charge is 0.160 e. The molecule has 0 saturated carbocycles. The molecule has 1 aliphatic carbocycles. The second kappa shape index (κ2) is 16.2. The highest BCUT2D eigenvalue weighted by atomic mass is 32.1. The Morgan fingerprint density at radius 1 is 0.301 bits per heavy atom. The Morgan fingerprint density at radius 3 is 1.51 bits per heavy atom. The molecule has 0 saturated heterocycles. The molecule has 2 nitrogen and oxygen atoms in total. The van der Waals surface area contributed by atoms with E-state index in [-0.39, 0.29) is 5.41 Å². The van der Waals surface area contributed by atoms with Crippen LogP contribution in [0.5, 0.6) is 0 Å². The highest BCUT2D eigenvalue weighted by Crippen LogP contribution is 2.54. The SMILES string of the molecule is CC1(C)c2cc3ccccc3cc2-c2c(-c3ccc(-c4cc(-c5cc(-c6ccc7sc8ccccc8c7c6)cc(-c6ccc7sc8ccccc8c7c6)c5)nc(-c5ccccc5)n4)c4ccccc34)cccc21. The number of benzene rings is 11. The van der Waals surface area contributed by atoms with Crippen molar-refractivity contribution in [2.75, 3.05) is 0 Å². The molecule has 0 amide bonds. The molecule has 342 valence electrons. The first kappa shape index (κ1) is 42.2. The minimum Gasteiger partial charge on any atom is -0.228 e. The minimum atomic E-state index is -0.140. The first-order valence-electron chi connectivity index (χ1n) is 25.0. The Bertz CT molecular complexity index is 4460. The van der Waals surface area contributed by atoms with Crippen molar-refractivity contribution in [3.63, 3.8) is 0 Å². The van der Waals surface area contributed by atoms with E-state index in [0.717, 1.165) is 44.6 Å². The van der Waals surface area contributed by atoms with Gasteiger partial charge in [-0.2, -0.15) is 0 Å². The molecule has 4 heteroatoms. The van der Waals surface area contributed by atoms with Crippen LogP contribution in [-0.4, -0.2) is 9.97 Å². The van der Waals surface area contributed by atoms with Crippen LogP contribution < -0.4 is 0 Å². The van der Waals surface area contributed by atoms with E-state index < -0.39 is 0 Å². The van der Waals surface area contributed by atoms with Crippen molar-refractivity contribution in [2.45, 2.75) is 19.3 Å². The topological polar surface area (TPSA) is 25.8 Å². The van der Waals surface area contributed by atoms with E-state index in [0.29, 0.717) is 5.82 Å². The summed E-state index contributed by atoms with van der Waals surface area (Å²) in [4.78, 5) is 10.9. The first-order chi connectivity index (χ1) is 35.9. The Balaban J connectivity index is 0.935. The lowest BCUT2D eigenvalue weighted by Crippen LogP contribution is -2.14. The molecule has 15 rings (SSSR count). The maximum Gasteiger partial charge on any atom is 0.160 e. The molecule has 0 aliphatic heterocycles. The largest absolute Gasteiger partial charge is 0.228 e. The average Bonchev–Trinajstić information content (AvgIpc) is 4.09. The molecule has 1 aliphatic rings. The van der Waals surface area contributed by atoms with Crippen molar-refractivity contribution in [1.82, 2.24) is 9.97 Å². The molecule has 0 radical (unpaired) electrons. The van der Waals surface area contributed by atoms with Crippen LogP contribution in [0.25, 0.3) is 140 Å². The van der Waals surface area contributed by atoms with Crippen LogP contribution in [0.2, 0.25) is 0 Å². The van der Waals surface area contributed by atoms with Gasteiger partial charge < -0.3 is 0 Å². The molecule has 0 unspecified atom stereocenters. The van der Waals surface area contributed by atoms with Gasteiger partial charge in [0, 0.05) is 62.4 Å². The lowest BCUT2D eigenvalue weighted by atomic mass is 9.81. The van der Waals surface area contributed by atoms with Gasteiger partial charge in [0.1, 0.15) is 0 Å². The molecule has 0 N–H and O–H groups in total. The van der Waals surface area contributed by atoms with E-state index in [1.54, 1.807) is 0 Å². The number of aromatic nitrogens is 2. The highest BCUT2D eigenvalue weighted by Gasteiger charge is 2.37. The van der Waals surface area contributed by atoms with Gasteiger partial charge in [0.15, 0.2) is 5.82 Å². The van der Waals surface area contributed by atoms with Gasteiger partial charge in [0.05, 0.1) is 11.4 Å². The molecule has 14 aromatic rings. The monoisotopic (exact) mass is 964 g/mol. The fraction of sp³-hybridized carbons (Fsp3) is 0.0435. The lowest BCUT2D eigenvalue weighted by Gasteiger charge is -2.22. The van der Waals surface area contributed by atoms with E-state index in [4.69, 9.17) is 9.97 Å². The van der Waals surface area contributed by atoms with E-state index in [1.165, 1.54) is 101 Å². The van der Waals surface area contributed by atoms with E-state index >= 15 is 0 Å². The molecule has 0 atom stereocenters. The summed E-state index contributed by atoms with van der Waals surface area (Å²) in [6, 6.07) is 85.1. The Hall–Kier alpha value is -8.54. The van der Waals surface area contributed by atoms with Crippen molar-refractivity contribution < 1.29 is 0 Å². The summed E-state index contributed by atoms with van der Waals surface area (Å²) in [7, 11) is 0. The van der Waals surface area contributed by atoms with E-state index in [2.05, 4.69) is 244 Å². The summed E-state index contributed by atoms with van der Waals surface area (Å²) in [5, 5.41) is 10.0. The van der Waals surface area contributed by atoms with Crippen molar-refractivity contribution in [2.24, 2.45) is 0 Å². The zero-order valence-electron chi connectivity index (χ0n) is 40.2. The Labute approximate surface area is 431 Å². The first-order valence-corrected chi connectivity index (χ1v) is 26.7. The normalized spacial score (nSPS) is 12.9. The standard InChI is InChI=1S/C69H44N2S2/c1-69(2)59-24-14-23-55(67(59)58-38-42-17-6-7-18-43(42)39-60(58)69)51-29-30-52(50-20-9-8-19-49(50)51)62-40-61(70-68(71-62)41-15-4-3-5-16-41)48-34-46(44-27-31-65-56(36-44)53-21-10-12-25-63(53)72-65)33-47(35-48)45-28-32-66-57(37-45)54-22-11-13-26-64(54)73-66/h3-40H,1-2H3. The molecular formula is C69H44N2S2. The molecule has 3 aromatic heterocycles. The lowest BCUT2D eigenvalue weighted by molar-refractivity contribution is 0.661. The summed E-state index contributed by atoms with van der Waals surface area (Å²) < 4.78 is 5.19. The highest BCUT2D eigenvalue weighted by molar-refractivity contribution is 7.26. The molecule has 0 spiro atoms. The van der Waals surface area contributed by atoms with E-state index in [1.807, 2.05) is 22.7 Å². The maximum absolute atomic E-state index is 5.47. The second-order valence-electron chi connectivity index (χ2n) is 20.0. The number of nitrogens with zero attached hydrogens (tertiary/aromatic N) is 2. The number of thiophene rings is 2. The van der Waals surface area contributed by atoms with Crippen LogP contribution in [0.4, 0.5) is 0 Å². The van der Waals surface area contributed by atoms with Gasteiger partial charge in [0.2, 0.25) is 0 Å². The van der Waals surface area contributed by atoms with Crippen LogP contribution in [0.3, 0.4) is 0 Å². The fourth-order valence-electron chi connectivity index (χ4n) is 11.8. The molecule has 3 heterocycles. The molecule has 73 heavy (non-hydrogen) atoms. The number of hydrogen-bond acceptors (Lipinski definition) is 4. The average molecular weight is 965 g/mol. The molecule has 0 fully saturated rings. The molecule has 0 bridgehead atoms. The van der Waals surface area contributed by atoms with Crippen molar-refractivity contribution >= 4 is 84.6 Å². The van der Waals surface area contributed by atoms with Crippen LogP contribution in [-0.2, 0) is 5.41 Å². The number of hydrogen-bond donors (Lipinski definition) is 0. The zero-order valence-corrected chi connectivity index (χ0v) is 41.8. The maximum atomic E-state index is 5.47. The molecular weight excluding hydrogens is 921 g/mol. The minimum absolute atomic E-state index is 0.140. The van der Waals surface area contributed by atoms with Crippen molar-refractivity contribution in [3.8, 4) is 78.4 Å². The van der Waals surface area contributed by atoms with Crippen molar-refractivity contribution in [1.29, 1.82) is 0 Å². The fourth-order valence-corrected chi connectivity index (χ4v) is 14.0. The van der Waals surface area contributed by atoms with Gasteiger partial charge >= 0.3 is 0 Å². The summed E-state index contributed by atoms with van der Waals surface area (Å²) in [6.45, 7) is 4.75. The third-order valence-corrected chi connectivity index (χ3v) is 17.8. The zero-order chi connectivity index (χ0) is 48.4. The number of rotatable bonds is 6. The van der Waals surface area contributed by atoms with Crippen LogP contribution >= 0.6 is 22.7 Å². The summed E-state index contributed by atoms with van der Waals surface area (Å²) >= 11 is 3.71. The predicted molar refractivity (Wildman–Crippen MR) is 313 cm³/mol. The Morgan fingerprint density at radius 2 is 0.836 bits per heavy atom. The quantitative estimate of drug-likeness (QED) is 0.166. The van der Waals surface area contributed by atoms with Gasteiger partial charge in [0.25, 0.3) is 0 Å². The second-order valence-corrected chi connectivity index (χ2v) is 22.2.